The summed E-state index contributed by atoms with van der Waals surface area (Å²) in [6.07, 6.45) is 0.278. The number of nitrogens with zero attached hydrogens (tertiary/aromatic N) is 4. The van der Waals surface area contributed by atoms with Crippen LogP contribution in [0, 0.1) is 5.41 Å². The van der Waals surface area contributed by atoms with Gasteiger partial charge in [-0.25, -0.2) is 4.79 Å². The van der Waals surface area contributed by atoms with Crippen LogP contribution in [0.5, 0.6) is 5.75 Å². The van der Waals surface area contributed by atoms with E-state index in [0.717, 1.165) is 39.0 Å². The van der Waals surface area contributed by atoms with Crippen molar-refractivity contribution >= 4 is 29.2 Å². The molecule has 1 spiro atoms. The van der Waals surface area contributed by atoms with Gasteiger partial charge in [0.1, 0.15) is 5.75 Å². The van der Waals surface area contributed by atoms with E-state index >= 15 is 0 Å². The lowest BCUT2D eigenvalue weighted by Crippen LogP contribution is -2.74. The number of fused-ring (bicyclic) bond motifs is 4. The van der Waals surface area contributed by atoms with E-state index in [1.807, 2.05) is 42.5 Å². The third kappa shape index (κ3) is 2.71. The Bertz CT molecular complexity index is 1080. The van der Waals surface area contributed by atoms with E-state index in [1.165, 1.54) is 14.1 Å². The maximum Gasteiger partial charge on any atom is 0.332 e. The minimum Gasteiger partial charge on any atom is -0.497 e. The van der Waals surface area contributed by atoms with Crippen molar-refractivity contribution in [3.63, 3.8) is 0 Å². The molecule has 4 amide bonds. The van der Waals surface area contributed by atoms with Crippen molar-refractivity contribution in [3.8, 4) is 5.75 Å². The molecule has 0 radical (unpaired) electrons. The molecule has 3 aliphatic rings. The molecule has 2 fully saturated rings. The SMILES string of the molecule is COc1ccc(N2CCN3c4ccccc4CC4(C(=O)N(C)C(=O)N(C)C4=O)[C@@H]3C2)cc1. The predicted octanol–water partition coefficient (Wildman–Crippen LogP) is 1.98. The van der Waals surface area contributed by atoms with Crippen LogP contribution in [0.2, 0.25) is 0 Å². The maximum atomic E-state index is 13.7. The fourth-order valence-corrected chi connectivity index (χ4v) is 5.40. The molecule has 0 saturated carbocycles. The number of piperazine rings is 1. The van der Waals surface area contributed by atoms with Gasteiger partial charge in [0.25, 0.3) is 0 Å². The number of imide groups is 2. The van der Waals surface area contributed by atoms with E-state index in [-0.39, 0.29) is 6.42 Å². The topological polar surface area (TPSA) is 73.4 Å². The highest BCUT2D eigenvalue weighted by Gasteiger charge is 2.63. The number of ether oxygens (including phenoxy) is 1. The zero-order valence-electron chi connectivity index (χ0n) is 18.4. The van der Waals surface area contributed by atoms with Crippen LogP contribution in [0.25, 0.3) is 0 Å². The van der Waals surface area contributed by atoms with Crippen LogP contribution in [-0.2, 0) is 16.0 Å². The number of carbonyl (C=O) groups is 3. The molecule has 8 heteroatoms. The molecule has 166 valence electrons. The van der Waals surface area contributed by atoms with Crippen molar-refractivity contribution < 1.29 is 19.1 Å². The van der Waals surface area contributed by atoms with E-state index in [0.29, 0.717) is 13.1 Å². The predicted molar refractivity (Wildman–Crippen MR) is 120 cm³/mol. The van der Waals surface area contributed by atoms with Gasteiger partial charge in [0.2, 0.25) is 11.8 Å². The average molecular weight is 434 g/mol. The highest BCUT2D eigenvalue weighted by Crippen LogP contribution is 2.47. The first-order valence-corrected chi connectivity index (χ1v) is 10.7. The van der Waals surface area contributed by atoms with Crippen molar-refractivity contribution in [2.24, 2.45) is 5.41 Å². The van der Waals surface area contributed by atoms with Crippen LogP contribution in [0.15, 0.2) is 48.5 Å². The van der Waals surface area contributed by atoms with Crippen molar-refractivity contribution in [2.45, 2.75) is 12.5 Å². The lowest BCUT2D eigenvalue weighted by molar-refractivity contribution is -0.159. The molecule has 0 N–H and O–H groups in total. The van der Waals surface area contributed by atoms with Crippen molar-refractivity contribution in [1.29, 1.82) is 0 Å². The molecule has 3 heterocycles. The largest absolute Gasteiger partial charge is 0.497 e. The summed E-state index contributed by atoms with van der Waals surface area (Å²) in [5, 5.41) is 0. The number of para-hydroxylation sites is 1. The maximum absolute atomic E-state index is 13.7. The number of rotatable bonds is 2. The molecule has 3 aliphatic heterocycles. The molecule has 8 nitrogen and oxygen atoms in total. The number of amides is 4. The third-order valence-electron chi connectivity index (χ3n) is 7.10. The molecule has 2 aromatic carbocycles. The first kappa shape index (κ1) is 20.4. The standard InChI is InChI=1S/C24H26N4O4/c1-25-21(29)24(22(30)26(2)23(25)31)14-16-6-4-5-7-19(16)28-13-12-27(15-20(24)28)17-8-10-18(32-3)11-9-17/h4-11,20H,12-15H2,1-3H3/t20-/m0/s1. The summed E-state index contributed by atoms with van der Waals surface area (Å²) in [7, 11) is 4.56. The van der Waals surface area contributed by atoms with Crippen LogP contribution in [0.3, 0.4) is 0 Å². The van der Waals surface area contributed by atoms with Gasteiger partial charge in [-0.15, -0.1) is 0 Å². The molecule has 0 aromatic heterocycles. The Morgan fingerprint density at radius 3 is 2.22 bits per heavy atom. The summed E-state index contributed by atoms with van der Waals surface area (Å²) in [5.41, 5.74) is 1.67. The van der Waals surface area contributed by atoms with Gasteiger partial charge < -0.3 is 14.5 Å². The van der Waals surface area contributed by atoms with Gasteiger partial charge in [-0.3, -0.25) is 19.4 Å². The average Bonchev–Trinajstić information content (AvgIpc) is 2.84. The first-order valence-electron chi connectivity index (χ1n) is 10.7. The van der Waals surface area contributed by atoms with Gasteiger partial charge in [-0.05, 0) is 42.3 Å². The number of methoxy groups -OCH3 is 1. The first-order chi connectivity index (χ1) is 15.4. The quantitative estimate of drug-likeness (QED) is 0.673. The molecule has 1 atom stereocenters. The Morgan fingerprint density at radius 1 is 0.906 bits per heavy atom. The van der Waals surface area contributed by atoms with E-state index in [1.54, 1.807) is 7.11 Å². The fraction of sp³-hybridized carbons (Fsp3) is 0.375. The van der Waals surface area contributed by atoms with E-state index < -0.39 is 29.3 Å². The van der Waals surface area contributed by atoms with Gasteiger partial charge >= 0.3 is 6.03 Å². The molecular weight excluding hydrogens is 408 g/mol. The second-order valence-corrected chi connectivity index (χ2v) is 8.64. The summed E-state index contributed by atoms with van der Waals surface area (Å²) in [6.45, 7) is 1.91. The van der Waals surface area contributed by atoms with Crippen LogP contribution in [0.1, 0.15) is 5.56 Å². The normalized spacial score (nSPS) is 22.2. The lowest BCUT2D eigenvalue weighted by Gasteiger charge is -2.56. The molecule has 0 bridgehead atoms. The van der Waals surface area contributed by atoms with Gasteiger partial charge in [0.15, 0.2) is 5.41 Å². The van der Waals surface area contributed by atoms with Crippen LogP contribution < -0.4 is 14.5 Å². The molecule has 5 rings (SSSR count). The number of benzene rings is 2. The second kappa shape index (κ2) is 7.25. The van der Waals surface area contributed by atoms with Crippen molar-refractivity contribution in [1.82, 2.24) is 9.80 Å². The zero-order valence-corrected chi connectivity index (χ0v) is 18.4. The number of hydrogen-bond acceptors (Lipinski definition) is 6. The molecular formula is C24H26N4O4. The highest BCUT2D eigenvalue weighted by molar-refractivity contribution is 6.20. The Kier molecular flexibility index (Phi) is 4.62. The Labute approximate surface area is 186 Å². The van der Waals surface area contributed by atoms with Crippen LogP contribution in [-0.4, -0.2) is 74.5 Å². The summed E-state index contributed by atoms with van der Waals surface area (Å²) in [4.78, 5) is 46.4. The van der Waals surface area contributed by atoms with Crippen LogP contribution >= 0.6 is 0 Å². The number of barbiturate groups is 1. The summed E-state index contributed by atoms with van der Waals surface area (Å²) < 4.78 is 5.27. The van der Waals surface area contributed by atoms with E-state index in [2.05, 4.69) is 15.9 Å². The minimum atomic E-state index is -1.35. The Hall–Kier alpha value is -3.55. The molecule has 32 heavy (non-hydrogen) atoms. The van der Waals surface area contributed by atoms with E-state index in [4.69, 9.17) is 4.74 Å². The zero-order chi connectivity index (χ0) is 22.6. The monoisotopic (exact) mass is 434 g/mol. The Balaban J connectivity index is 1.61. The number of carbonyl (C=O) groups excluding carboxylic acids is 3. The van der Waals surface area contributed by atoms with Crippen molar-refractivity contribution in [2.75, 3.05) is 50.6 Å². The molecule has 0 aliphatic carbocycles. The summed E-state index contributed by atoms with van der Waals surface area (Å²) >= 11 is 0. The molecule has 2 saturated heterocycles. The van der Waals surface area contributed by atoms with Crippen molar-refractivity contribution in [3.05, 3.63) is 54.1 Å². The number of urea groups is 1. The summed E-state index contributed by atoms with van der Waals surface area (Å²) in [5.74, 6) is -0.0757. The van der Waals surface area contributed by atoms with Crippen LogP contribution in [0.4, 0.5) is 16.2 Å². The van der Waals surface area contributed by atoms with Gasteiger partial charge in [0.05, 0.1) is 13.2 Å². The second-order valence-electron chi connectivity index (χ2n) is 8.64. The third-order valence-corrected chi connectivity index (χ3v) is 7.10. The van der Waals surface area contributed by atoms with Gasteiger partial charge in [0, 0.05) is 45.1 Å². The summed E-state index contributed by atoms with van der Waals surface area (Å²) in [6, 6.07) is 14.7. The lowest BCUT2D eigenvalue weighted by atomic mass is 9.67. The van der Waals surface area contributed by atoms with Gasteiger partial charge in [-0.2, -0.15) is 0 Å². The molecule has 2 aromatic rings. The smallest absolute Gasteiger partial charge is 0.332 e. The van der Waals surface area contributed by atoms with E-state index in [9.17, 15) is 14.4 Å². The van der Waals surface area contributed by atoms with Gasteiger partial charge in [-0.1, -0.05) is 18.2 Å². The molecule has 0 unspecified atom stereocenters. The Morgan fingerprint density at radius 2 is 1.56 bits per heavy atom. The fourth-order valence-electron chi connectivity index (χ4n) is 5.40. The number of anilines is 2. The minimum absolute atomic E-state index is 0.278. The number of hydrogen-bond donors (Lipinski definition) is 0. The highest BCUT2D eigenvalue weighted by atomic mass is 16.5.